The van der Waals surface area contributed by atoms with E-state index in [9.17, 15) is 4.79 Å². The summed E-state index contributed by atoms with van der Waals surface area (Å²) in [5, 5.41) is 15.4. The topological polar surface area (TPSA) is 63.4 Å². The molecule has 1 fully saturated rings. The number of hydrogen-bond donors (Lipinski definition) is 0. The van der Waals surface area contributed by atoms with Crippen LogP contribution < -0.4 is 0 Å². The smallest absolute Gasteiger partial charge is 0.253 e. The van der Waals surface area contributed by atoms with Gasteiger partial charge in [0, 0.05) is 13.0 Å². The van der Waals surface area contributed by atoms with Crippen molar-refractivity contribution in [3.8, 4) is 0 Å². The van der Waals surface area contributed by atoms with Gasteiger partial charge in [0.25, 0.3) is 5.91 Å². The summed E-state index contributed by atoms with van der Waals surface area (Å²) in [7, 11) is 1.88. The minimum atomic E-state index is -0.0710. The number of hydrazone groups is 1. The van der Waals surface area contributed by atoms with Gasteiger partial charge in [0.1, 0.15) is 6.33 Å². The van der Waals surface area contributed by atoms with Gasteiger partial charge in [0.15, 0.2) is 5.16 Å². The Morgan fingerprint density at radius 2 is 1.88 bits per heavy atom. The van der Waals surface area contributed by atoms with E-state index >= 15 is 0 Å². The molecule has 7 heteroatoms. The Hall–Kier alpha value is -3.19. The molecule has 0 spiro atoms. The summed E-state index contributed by atoms with van der Waals surface area (Å²) in [4.78, 5) is 13.4. The fourth-order valence-corrected chi connectivity index (χ4v) is 5.28. The average Bonchev–Trinajstić information content (AvgIpc) is 3.43. The normalized spacial score (nSPS) is 21.5. The molecule has 32 heavy (non-hydrogen) atoms. The van der Waals surface area contributed by atoms with Crippen molar-refractivity contribution < 1.29 is 4.79 Å². The van der Waals surface area contributed by atoms with Gasteiger partial charge in [-0.3, -0.25) is 4.79 Å². The van der Waals surface area contributed by atoms with Crippen molar-refractivity contribution in [3.05, 3.63) is 83.7 Å². The zero-order valence-electron chi connectivity index (χ0n) is 18.0. The highest BCUT2D eigenvalue weighted by molar-refractivity contribution is 7.99. The molecule has 1 aromatic heterocycles. The molecule has 6 nitrogen and oxygen atoms in total. The van der Waals surface area contributed by atoms with Crippen molar-refractivity contribution in [2.75, 3.05) is 5.75 Å². The monoisotopic (exact) mass is 443 g/mol. The number of carbonyl (C=O) groups excluding carboxylic acids is 1. The number of fused-ring (bicyclic) bond motifs is 1. The first kappa shape index (κ1) is 20.7. The van der Waals surface area contributed by atoms with Crippen LogP contribution in [0, 0.1) is 5.92 Å². The van der Waals surface area contributed by atoms with Crippen LogP contribution in [0.15, 0.2) is 82.8 Å². The van der Waals surface area contributed by atoms with Gasteiger partial charge in [-0.1, -0.05) is 72.4 Å². The highest BCUT2D eigenvalue weighted by Gasteiger charge is 2.43. The third-order valence-electron chi connectivity index (χ3n) is 6.03. The molecule has 162 valence electrons. The number of hydrogen-bond acceptors (Lipinski definition) is 5. The molecule has 0 bridgehead atoms. The molecule has 0 N–H and O–H groups in total. The molecule has 2 unspecified atom stereocenters. The Balaban J connectivity index is 1.47. The van der Waals surface area contributed by atoms with Crippen LogP contribution in [0.4, 0.5) is 0 Å². The van der Waals surface area contributed by atoms with Crippen molar-refractivity contribution in [2.24, 2.45) is 18.1 Å². The van der Waals surface area contributed by atoms with Gasteiger partial charge in [-0.15, -0.1) is 10.2 Å². The number of rotatable bonds is 5. The summed E-state index contributed by atoms with van der Waals surface area (Å²) in [6, 6.07) is 20.6. The summed E-state index contributed by atoms with van der Waals surface area (Å²) in [5.74, 6) is 0.481. The molecule has 2 heterocycles. The second-order valence-electron chi connectivity index (χ2n) is 8.17. The van der Waals surface area contributed by atoms with Crippen LogP contribution in [0.2, 0.25) is 0 Å². The van der Waals surface area contributed by atoms with Crippen molar-refractivity contribution >= 4 is 29.5 Å². The first-order valence-electron chi connectivity index (χ1n) is 10.9. The highest BCUT2D eigenvalue weighted by Crippen LogP contribution is 2.44. The van der Waals surface area contributed by atoms with E-state index in [0.717, 1.165) is 35.7 Å². The lowest BCUT2D eigenvalue weighted by molar-refractivity contribution is -0.130. The van der Waals surface area contributed by atoms with E-state index in [2.05, 4.69) is 52.7 Å². The lowest BCUT2D eigenvalue weighted by Crippen LogP contribution is -2.32. The van der Waals surface area contributed by atoms with Gasteiger partial charge in [-0.05, 0) is 42.0 Å². The fourth-order valence-electron chi connectivity index (χ4n) is 4.54. The quantitative estimate of drug-likeness (QED) is 0.535. The molecule has 1 amide bonds. The molecule has 2 aromatic carbocycles. The molecule has 2 atom stereocenters. The third-order valence-corrected chi connectivity index (χ3v) is 7.05. The zero-order chi connectivity index (χ0) is 21.9. The molecule has 1 aliphatic heterocycles. The van der Waals surface area contributed by atoms with Gasteiger partial charge in [0.05, 0.1) is 17.5 Å². The SMILES string of the molecule is Cn1cnnc1SCC(=O)N1N=C2/C(=C\c3ccccc3)CCCC2C1c1ccccc1. The summed E-state index contributed by atoms with van der Waals surface area (Å²) < 4.78 is 1.82. The van der Waals surface area contributed by atoms with Gasteiger partial charge in [-0.25, -0.2) is 5.01 Å². The van der Waals surface area contributed by atoms with Gasteiger partial charge in [-0.2, -0.15) is 5.10 Å². The van der Waals surface area contributed by atoms with E-state index in [4.69, 9.17) is 5.10 Å². The number of aromatic nitrogens is 3. The molecular weight excluding hydrogens is 418 g/mol. The Morgan fingerprint density at radius 3 is 2.59 bits per heavy atom. The molecular formula is C25H25N5OS. The second-order valence-corrected chi connectivity index (χ2v) is 9.11. The number of allylic oxidation sites excluding steroid dienone is 1. The average molecular weight is 444 g/mol. The predicted molar refractivity (Wildman–Crippen MR) is 127 cm³/mol. The van der Waals surface area contributed by atoms with Crippen molar-refractivity contribution in [1.82, 2.24) is 19.8 Å². The van der Waals surface area contributed by atoms with E-state index < -0.39 is 0 Å². The summed E-state index contributed by atoms with van der Waals surface area (Å²) in [6.45, 7) is 0. The van der Waals surface area contributed by atoms with Gasteiger partial charge in [0.2, 0.25) is 0 Å². The van der Waals surface area contributed by atoms with Crippen LogP contribution in [0.3, 0.4) is 0 Å². The van der Waals surface area contributed by atoms with E-state index in [1.165, 1.54) is 22.9 Å². The van der Waals surface area contributed by atoms with E-state index in [0.29, 0.717) is 0 Å². The standard InChI is InChI=1S/C25H25N5OS/c1-29-17-26-27-25(29)32-16-22(31)30-24(19-11-6-3-7-12-19)21-14-8-13-20(23(21)28-30)15-18-9-4-2-5-10-18/h2-7,9-12,15,17,21,24H,8,13-14,16H2,1H3/b20-15-. The molecule has 1 aliphatic carbocycles. The number of benzene rings is 2. The minimum absolute atomic E-state index is 0.00665. The Labute approximate surface area is 192 Å². The number of thioether (sulfide) groups is 1. The Morgan fingerprint density at radius 1 is 1.12 bits per heavy atom. The fraction of sp³-hybridized carbons (Fsp3) is 0.280. The van der Waals surface area contributed by atoms with E-state index in [1.807, 2.05) is 35.9 Å². The van der Waals surface area contributed by atoms with Crippen LogP contribution in [-0.4, -0.2) is 37.1 Å². The van der Waals surface area contributed by atoms with Crippen molar-refractivity contribution in [2.45, 2.75) is 30.5 Å². The molecule has 0 saturated heterocycles. The number of carbonyl (C=O) groups is 1. The van der Waals surface area contributed by atoms with Crippen LogP contribution >= 0.6 is 11.8 Å². The van der Waals surface area contributed by atoms with Crippen LogP contribution in [-0.2, 0) is 11.8 Å². The van der Waals surface area contributed by atoms with Crippen LogP contribution in [0.5, 0.6) is 0 Å². The van der Waals surface area contributed by atoms with Gasteiger partial charge >= 0.3 is 0 Å². The maximum atomic E-state index is 13.4. The zero-order valence-corrected chi connectivity index (χ0v) is 18.8. The number of amides is 1. The largest absolute Gasteiger partial charge is 0.312 e. The third kappa shape index (κ3) is 4.12. The van der Waals surface area contributed by atoms with E-state index in [-0.39, 0.29) is 23.6 Å². The van der Waals surface area contributed by atoms with Crippen LogP contribution in [0.25, 0.3) is 6.08 Å². The van der Waals surface area contributed by atoms with Gasteiger partial charge < -0.3 is 4.57 Å². The highest BCUT2D eigenvalue weighted by atomic mass is 32.2. The van der Waals surface area contributed by atoms with Crippen molar-refractivity contribution in [3.63, 3.8) is 0 Å². The molecule has 1 saturated carbocycles. The summed E-state index contributed by atoms with van der Waals surface area (Å²) >= 11 is 1.40. The Bertz CT molecular complexity index is 1160. The molecule has 5 rings (SSSR count). The molecule has 2 aliphatic rings. The minimum Gasteiger partial charge on any atom is -0.312 e. The molecule has 0 radical (unpaired) electrons. The lowest BCUT2D eigenvalue weighted by Gasteiger charge is -2.29. The van der Waals surface area contributed by atoms with Crippen LogP contribution in [0.1, 0.15) is 36.4 Å². The number of aryl methyl sites for hydroxylation is 1. The van der Waals surface area contributed by atoms with E-state index in [1.54, 1.807) is 11.3 Å². The first-order chi connectivity index (χ1) is 15.7. The van der Waals surface area contributed by atoms with Crippen molar-refractivity contribution in [1.29, 1.82) is 0 Å². The maximum absolute atomic E-state index is 13.4. The first-order valence-corrected chi connectivity index (χ1v) is 11.9. The summed E-state index contributed by atoms with van der Waals surface area (Å²) in [5.41, 5.74) is 4.61. The second kappa shape index (κ2) is 9.12. The lowest BCUT2D eigenvalue weighted by atomic mass is 9.77. The number of nitrogens with zero attached hydrogens (tertiary/aromatic N) is 5. The predicted octanol–water partition coefficient (Wildman–Crippen LogP) is 4.73. The molecule has 3 aromatic rings. The summed E-state index contributed by atoms with van der Waals surface area (Å²) in [6.07, 6.45) is 6.99. The maximum Gasteiger partial charge on any atom is 0.253 e. The Kier molecular flexibility index (Phi) is 5.90.